The van der Waals surface area contributed by atoms with Crippen LogP contribution in [0.4, 0.5) is 0 Å². The summed E-state index contributed by atoms with van der Waals surface area (Å²) >= 11 is 0. The zero-order chi connectivity index (χ0) is 22.4. The number of aromatic hydroxyl groups is 1. The van der Waals surface area contributed by atoms with Gasteiger partial charge >= 0.3 is 5.97 Å². The number of ether oxygens (including phenoxy) is 3. The van der Waals surface area contributed by atoms with Crippen molar-refractivity contribution in [1.82, 2.24) is 5.32 Å². The van der Waals surface area contributed by atoms with Gasteiger partial charge in [0.2, 0.25) is 0 Å². The van der Waals surface area contributed by atoms with Gasteiger partial charge in [0.25, 0.3) is 0 Å². The first-order chi connectivity index (χ1) is 15.3. The number of benzene rings is 1. The van der Waals surface area contributed by atoms with Gasteiger partial charge in [-0.3, -0.25) is 0 Å². The number of piperidine rings is 1. The highest BCUT2D eigenvalue weighted by molar-refractivity contribution is 5.73. The summed E-state index contributed by atoms with van der Waals surface area (Å²) in [6.45, 7) is 0.769. The summed E-state index contributed by atoms with van der Waals surface area (Å²) in [7, 11) is 0. The third kappa shape index (κ3) is 2.53. The van der Waals surface area contributed by atoms with Crippen molar-refractivity contribution in [3.8, 4) is 11.5 Å². The number of aliphatic carboxylic acids is 1. The summed E-state index contributed by atoms with van der Waals surface area (Å²) in [4.78, 5) is 11.4. The van der Waals surface area contributed by atoms with Crippen LogP contribution in [-0.4, -0.2) is 87.0 Å². The van der Waals surface area contributed by atoms with E-state index in [1.165, 1.54) is 0 Å². The molecule has 172 valence electrons. The average molecular weight is 447 g/mol. The lowest BCUT2D eigenvalue weighted by Gasteiger charge is -2.54. The van der Waals surface area contributed by atoms with Gasteiger partial charge in [0.1, 0.15) is 30.5 Å². The van der Waals surface area contributed by atoms with Crippen LogP contribution in [0.1, 0.15) is 17.5 Å². The number of carbonyl (C=O) groups is 1. The molecule has 10 nitrogen and oxygen atoms in total. The molecule has 2 saturated heterocycles. The van der Waals surface area contributed by atoms with E-state index in [-0.39, 0.29) is 17.7 Å². The Labute approximate surface area is 183 Å². The Kier molecular flexibility index (Phi) is 4.40. The third-order valence-electron chi connectivity index (χ3n) is 7.77. The van der Waals surface area contributed by atoms with Crippen molar-refractivity contribution in [3.63, 3.8) is 0 Å². The Morgan fingerprint density at radius 3 is 2.75 bits per heavy atom. The molecule has 0 amide bonds. The van der Waals surface area contributed by atoms with E-state index in [1.54, 1.807) is 6.07 Å². The van der Waals surface area contributed by atoms with Gasteiger partial charge < -0.3 is 45.1 Å². The van der Waals surface area contributed by atoms with Gasteiger partial charge in [-0.25, -0.2) is 4.79 Å². The van der Waals surface area contributed by atoms with Crippen LogP contribution in [0.3, 0.4) is 0 Å². The SMILES string of the molecule is O=C(O)[C@H]1O[C@@H](OC2C=CC3C4Cc5ccc(O)c6c5C3(CCN4)C2O6)[C@H](O)[C@@H](O)[C@@H]1O. The van der Waals surface area contributed by atoms with E-state index in [2.05, 4.69) is 11.4 Å². The van der Waals surface area contributed by atoms with E-state index in [0.29, 0.717) is 5.75 Å². The molecule has 2 aliphatic carbocycles. The fraction of sp³-hybridized carbons (Fsp3) is 0.591. The molecule has 1 aromatic carbocycles. The predicted octanol–water partition coefficient (Wildman–Crippen LogP) is -1.23. The number of phenolic OH excluding ortho intramolecular Hbond substituents is 1. The van der Waals surface area contributed by atoms with Crippen LogP contribution in [0.2, 0.25) is 0 Å². The van der Waals surface area contributed by atoms with Crippen LogP contribution in [0.15, 0.2) is 24.3 Å². The molecule has 6 N–H and O–H groups in total. The van der Waals surface area contributed by atoms with Crippen molar-refractivity contribution in [3.05, 3.63) is 35.4 Å². The van der Waals surface area contributed by atoms with E-state index in [4.69, 9.17) is 14.2 Å². The van der Waals surface area contributed by atoms with Crippen LogP contribution in [0.5, 0.6) is 11.5 Å². The fourth-order valence-electron chi connectivity index (χ4n) is 6.40. The fourth-order valence-corrected chi connectivity index (χ4v) is 6.40. The van der Waals surface area contributed by atoms with Gasteiger partial charge in [-0.2, -0.15) is 0 Å². The van der Waals surface area contributed by atoms with E-state index >= 15 is 0 Å². The molecule has 6 rings (SSSR count). The molecule has 2 bridgehead atoms. The Bertz CT molecular complexity index is 998. The van der Waals surface area contributed by atoms with Gasteiger partial charge in [0.05, 0.1) is 0 Å². The zero-order valence-corrected chi connectivity index (χ0v) is 17.0. The summed E-state index contributed by atoms with van der Waals surface area (Å²) in [6, 6.07) is 3.76. The lowest BCUT2D eigenvalue weighted by Crippen LogP contribution is -2.66. The number of hydrogen-bond acceptors (Lipinski definition) is 9. The van der Waals surface area contributed by atoms with E-state index in [1.807, 2.05) is 12.1 Å². The summed E-state index contributed by atoms with van der Waals surface area (Å²) in [5.41, 5.74) is 1.66. The number of nitrogens with one attached hydrogen (secondary N) is 1. The molecular formula is C22H25NO9. The monoisotopic (exact) mass is 447 g/mol. The van der Waals surface area contributed by atoms with Crippen LogP contribution in [0, 0.1) is 5.92 Å². The second-order valence-electron chi connectivity index (χ2n) is 9.29. The maximum atomic E-state index is 11.4. The standard InChI is InChI=1S/C22H25NO9/c24-11-3-1-8-7-10-9-2-4-12(19-22(9,5-6-23-10)13(8)17(11)31-19)30-21-16(27)14(25)15(26)18(32-21)20(28)29/h1-4,9-10,12,14-16,18-19,21,23-27H,5-7H2,(H,28,29)/t9?,10?,12?,14-,15-,16+,18-,19?,21+,22?/m0/s1. The number of phenols is 1. The maximum absolute atomic E-state index is 11.4. The number of aliphatic hydroxyl groups excluding tert-OH is 3. The minimum atomic E-state index is -1.79. The molecule has 32 heavy (non-hydrogen) atoms. The molecule has 3 aliphatic heterocycles. The van der Waals surface area contributed by atoms with Crippen molar-refractivity contribution in [2.75, 3.05) is 6.54 Å². The second-order valence-corrected chi connectivity index (χ2v) is 9.29. The predicted molar refractivity (Wildman–Crippen MR) is 106 cm³/mol. The Morgan fingerprint density at radius 2 is 1.97 bits per heavy atom. The summed E-state index contributed by atoms with van der Waals surface area (Å²) in [5.74, 6) is -0.852. The minimum Gasteiger partial charge on any atom is -0.504 e. The van der Waals surface area contributed by atoms with Gasteiger partial charge in [-0.15, -0.1) is 0 Å². The van der Waals surface area contributed by atoms with Gasteiger partial charge in [0, 0.05) is 22.9 Å². The first-order valence-corrected chi connectivity index (χ1v) is 10.8. The van der Waals surface area contributed by atoms with Gasteiger partial charge in [-0.1, -0.05) is 18.2 Å². The lowest BCUT2D eigenvalue weighted by molar-refractivity contribution is -0.307. The number of carboxylic acid groups (broad SMARTS) is 1. The summed E-state index contributed by atoms with van der Waals surface area (Å²) in [6.07, 6.45) is -4.26. The quantitative estimate of drug-likeness (QED) is 0.310. The van der Waals surface area contributed by atoms with Crippen molar-refractivity contribution in [2.24, 2.45) is 5.92 Å². The lowest BCUT2D eigenvalue weighted by atomic mass is 9.53. The molecule has 1 aromatic rings. The molecule has 0 saturated carbocycles. The van der Waals surface area contributed by atoms with Crippen LogP contribution in [0.25, 0.3) is 0 Å². The Balaban J connectivity index is 1.37. The Hall–Kier alpha value is -2.21. The zero-order valence-electron chi connectivity index (χ0n) is 17.0. The van der Waals surface area contributed by atoms with Crippen LogP contribution < -0.4 is 10.1 Å². The number of hydrogen-bond donors (Lipinski definition) is 6. The highest BCUT2D eigenvalue weighted by Crippen LogP contribution is 2.61. The molecule has 5 aliphatic rings. The topological polar surface area (TPSA) is 158 Å². The highest BCUT2D eigenvalue weighted by Gasteiger charge is 2.64. The van der Waals surface area contributed by atoms with E-state index in [9.17, 15) is 30.3 Å². The molecule has 10 heteroatoms. The maximum Gasteiger partial charge on any atom is 0.335 e. The third-order valence-corrected chi connectivity index (χ3v) is 7.77. The van der Waals surface area contributed by atoms with Crippen molar-refractivity contribution >= 4 is 5.97 Å². The Morgan fingerprint density at radius 1 is 1.16 bits per heavy atom. The normalized spacial score (nSPS) is 45.8. The summed E-state index contributed by atoms with van der Waals surface area (Å²) < 4.78 is 17.6. The minimum absolute atomic E-state index is 0.0560. The average Bonchev–Trinajstić information content (AvgIpc) is 3.11. The van der Waals surface area contributed by atoms with Crippen molar-refractivity contribution < 1.29 is 44.5 Å². The largest absolute Gasteiger partial charge is 0.504 e. The molecular weight excluding hydrogens is 422 g/mol. The molecule has 3 heterocycles. The van der Waals surface area contributed by atoms with Crippen molar-refractivity contribution in [2.45, 2.75) is 67.2 Å². The molecule has 5 unspecified atom stereocenters. The first-order valence-electron chi connectivity index (χ1n) is 10.8. The molecule has 1 spiro atoms. The van der Waals surface area contributed by atoms with E-state index < -0.39 is 54.3 Å². The highest BCUT2D eigenvalue weighted by atomic mass is 16.7. The molecule has 0 radical (unpaired) electrons. The number of rotatable bonds is 3. The number of aliphatic hydroxyl groups is 3. The molecule has 10 atom stereocenters. The van der Waals surface area contributed by atoms with E-state index in [0.717, 1.165) is 30.5 Å². The second kappa shape index (κ2) is 6.89. The first kappa shape index (κ1) is 20.4. The smallest absolute Gasteiger partial charge is 0.335 e. The van der Waals surface area contributed by atoms with Gasteiger partial charge in [-0.05, 0) is 31.0 Å². The molecule has 0 aromatic heterocycles. The van der Waals surface area contributed by atoms with Gasteiger partial charge in [0.15, 0.2) is 23.9 Å². The summed E-state index contributed by atoms with van der Waals surface area (Å²) in [5, 5.41) is 53.9. The van der Waals surface area contributed by atoms with Crippen LogP contribution >= 0.6 is 0 Å². The van der Waals surface area contributed by atoms with Crippen LogP contribution in [-0.2, 0) is 26.1 Å². The molecule has 2 fully saturated rings. The number of carboxylic acids is 1. The van der Waals surface area contributed by atoms with Crippen molar-refractivity contribution in [1.29, 1.82) is 0 Å².